The van der Waals surface area contributed by atoms with E-state index in [-0.39, 0.29) is 5.91 Å². The third-order valence-corrected chi connectivity index (χ3v) is 6.45. The van der Waals surface area contributed by atoms with E-state index in [0.29, 0.717) is 5.41 Å². The summed E-state index contributed by atoms with van der Waals surface area (Å²) in [6.45, 7) is 10.7. The molecule has 1 saturated heterocycles. The van der Waals surface area contributed by atoms with E-state index in [4.69, 9.17) is 0 Å². The molecule has 1 aromatic rings. The van der Waals surface area contributed by atoms with Crippen LogP contribution in [-0.2, 0) is 12.8 Å². The molecule has 1 aliphatic heterocycles. The van der Waals surface area contributed by atoms with Gasteiger partial charge in [-0.15, -0.1) is 11.3 Å². The lowest BCUT2D eigenvalue weighted by Gasteiger charge is -2.35. The molecule has 0 saturated carbocycles. The third kappa shape index (κ3) is 3.09. The summed E-state index contributed by atoms with van der Waals surface area (Å²) < 4.78 is 0. The number of carbonyl (C=O) groups excluding carboxylic acids is 1. The van der Waals surface area contributed by atoms with Gasteiger partial charge in [0.25, 0.3) is 5.91 Å². The molecule has 0 bridgehead atoms. The number of amides is 1. The summed E-state index contributed by atoms with van der Waals surface area (Å²) in [6.07, 6.45) is 3.45. The Labute approximate surface area is 138 Å². The van der Waals surface area contributed by atoms with Crippen LogP contribution in [0.25, 0.3) is 0 Å². The largest absolute Gasteiger partial charge is 0.336 e. The minimum Gasteiger partial charge on any atom is -0.336 e. The fraction of sp³-hybridized carbons (Fsp3) is 0.722. The van der Waals surface area contributed by atoms with Crippen LogP contribution in [0.1, 0.15) is 48.0 Å². The van der Waals surface area contributed by atoms with Crippen LogP contribution < -0.4 is 0 Å². The van der Waals surface area contributed by atoms with Crippen LogP contribution in [0.3, 0.4) is 0 Å². The highest BCUT2D eigenvalue weighted by molar-refractivity contribution is 7.10. The number of fused-ring (bicyclic) bond motifs is 1. The first-order valence-corrected chi connectivity index (χ1v) is 9.31. The van der Waals surface area contributed by atoms with E-state index in [1.807, 2.05) is 4.90 Å². The molecule has 1 fully saturated rings. The van der Waals surface area contributed by atoms with Crippen LogP contribution in [0, 0.1) is 11.3 Å². The quantitative estimate of drug-likeness (QED) is 0.793. The first-order valence-electron chi connectivity index (χ1n) is 8.43. The monoisotopic (exact) mass is 320 g/mol. The lowest BCUT2D eigenvalue weighted by molar-refractivity contribution is 0.0663. The first-order chi connectivity index (χ1) is 10.4. The first kappa shape index (κ1) is 16.0. The molecule has 2 heterocycles. The number of likely N-dealkylation sites (N-methyl/N-ethyl adjacent to an activating group) is 1. The fourth-order valence-electron chi connectivity index (χ4n) is 3.61. The van der Waals surface area contributed by atoms with Crippen molar-refractivity contribution < 1.29 is 4.79 Å². The number of thiophene rings is 1. The van der Waals surface area contributed by atoms with Gasteiger partial charge in [0.2, 0.25) is 0 Å². The van der Waals surface area contributed by atoms with E-state index in [0.717, 1.165) is 50.5 Å². The van der Waals surface area contributed by atoms with E-state index in [2.05, 4.69) is 38.1 Å². The topological polar surface area (TPSA) is 23.6 Å². The summed E-state index contributed by atoms with van der Waals surface area (Å²) in [7, 11) is 2.13. The number of carbonyl (C=O) groups is 1. The van der Waals surface area contributed by atoms with E-state index >= 15 is 0 Å². The molecule has 2 aliphatic rings. The lowest BCUT2D eigenvalue weighted by atomic mass is 9.72. The van der Waals surface area contributed by atoms with E-state index in [1.54, 1.807) is 11.3 Å². The molecule has 1 atom stereocenters. The molecule has 1 unspecified atom stereocenters. The maximum Gasteiger partial charge on any atom is 0.255 e. The average molecular weight is 321 g/mol. The van der Waals surface area contributed by atoms with E-state index in [1.165, 1.54) is 16.9 Å². The second-order valence-corrected chi connectivity index (χ2v) is 8.92. The van der Waals surface area contributed by atoms with Gasteiger partial charge in [-0.2, -0.15) is 0 Å². The van der Waals surface area contributed by atoms with Crippen LogP contribution in [0.15, 0.2) is 5.38 Å². The molecule has 1 amide bonds. The van der Waals surface area contributed by atoms with Gasteiger partial charge in [0.1, 0.15) is 0 Å². The Balaban J connectivity index is 1.75. The number of nitrogens with zero attached hydrogens (tertiary/aromatic N) is 2. The van der Waals surface area contributed by atoms with Crippen LogP contribution in [-0.4, -0.2) is 48.9 Å². The van der Waals surface area contributed by atoms with Gasteiger partial charge in [0, 0.05) is 36.4 Å². The van der Waals surface area contributed by atoms with Crippen LogP contribution in [0.5, 0.6) is 0 Å². The molecule has 1 aromatic heterocycles. The van der Waals surface area contributed by atoms with Crippen molar-refractivity contribution >= 4 is 17.2 Å². The van der Waals surface area contributed by atoms with Crippen LogP contribution in [0.2, 0.25) is 0 Å². The molecule has 1 aliphatic carbocycles. The summed E-state index contributed by atoms with van der Waals surface area (Å²) >= 11 is 1.81. The normalized spacial score (nSPS) is 23.5. The zero-order chi connectivity index (χ0) is 15.9. The molecule has 0 N–H and O–H groups in total. The smallest absolute Gasteiger partial charge is 0.255 e. The highest BCUT2D eigenvalue weighted by Gasteiger charge is 2.32. The average Bonchev–Trinajstić information content (AvgIpc) is 2.89. The summed E-state index contributed by atoms with van der Waals surface area (Å²) in [5.41, 5.74) is 2.72. The Morgan fingerprint density at radius 2 is 1.91 bits per heavy atom. The Hall–Kier alpha value is -0.870. The Morgan fingerprint density at radius 3 is 2.55 bits per heavy atom. The number of hydrogen-bond acceptors (Lipinski definition) is 3. The maximum atomic E-state index is 12.8. The predicted molar refractivity (Wildman–Crippen MR) is 92.7 cm³/mol. The third-order valence-electron chi connectivity index (χ3n) is 5.40. The molecular weight excluding hydrogens is 292 g/mol. The van der Waals surface area contributed by atoms with Gasteiger partial charge in [-0.1, -0.05) is 20.8 Å². The van der Waals surface area contributed by atoms with Crippen molar-refractivity contribution in [1.82, 2.24) is 9.80 Å². The highest BCUT2D eigenvalue weighted by atomic mass is 32.1. The SMILES string of the molecule is CN1CCN(C(=O)c2csc3c2CCC(C(C)(C)C)C3)CC1. The molecule has 4 heteroatoms. The summed E-state index contributed by atoms with van der Waals surface area (Å²) in [6, 6.07) is 0. The Morgan fingerprint density at radius 1 is 1.23 bits per heavy atom. The van der Waals surface area contributed by atoms with Crippen molar-refractivity contribution in [2.24, 2.45) is 11.3 Å². The molecule has 22 heavy (non-hydrogen) atoms. The Kier molecular flexibility index (Phi) is 4.34. The van der Waals surface area contributed by atoms with Gasteiger partial charge in [0.05, 0.1) is 5.56 Å². The van der Waals surface area contributed by atoms with Crippen molar-refractivity contribution in [1.29, 1.82) is 0 Å². The summed E-state index contributed by atoms with van der Waals surface area (Å²) in [5, 5.41) is 2.12. The minimum absolute atomic E-state index is 0.264. The van der Waals surface area contributed by atoms with E-state index in [9.17, 15) is 4.79 Å². The van der Waals surface area contributed by atoms with Crippen molar-refractivity contribution in [2.45, 2.75) is 40.0 Å². The molecule has 0 spiro atoms. The number of rotatable bonds is 1. The molecular formula is C18H28N2OS. The molecule has 122 valence electrons. The summed E-state index contributed by atoms with van der Waals surface area (Å²) in [5.74, 6) is 1.00. The molecule has 3 rings (SSSR count). The predicted octanol–water partition coefficient (Wildman–Crippen LogP) is 3.29. The van der Waals surface area contributed by atoms with Gasteiger partial charge in [-0.25, -0.2) is 0 Å². The second-order valence-electron chi connectivity index (χ2n) is 7.95. The van der Waals surface area contributed by atoms with Gasteiger partial charge in [-0.05, 0) is 43.2 Å². The van der Waals surface area contributed by atoms with Gasteiger partial charge in [-0.3, -0.25) is 4.79 Å². The van der Waals surface area contributed by atoms with E-state index < -0.39 is 0 Å². The van der Waals surface area contributed by atoms with Crippen LogP contribution >= 0.6 is 11.3 Å². The van der Waals surface area contributed by atoms with Crippen LogP contribution in [0.4, 0.5) is 0 Å². The summed E-state index contributed by atoms with van der Waals surface area (Å²) in [4.78, 5) is 18.6. The molecule has 3 nitrogen and oxygen atoms in total. The van der Waals surface area contributed by atoms with Gasteiger partial charge >= 0.3 is 0 Å². The zero-order valence-electron chi connectivity index (χ0n) is 14.3. The second kappa shape index (κ2) is 5.97. The fourth-order valence-corrected chi connectivity index (χ4v) is 4.77. The highest BCUT2D eigenvalue weighted by Crippen LogP contribution is 2.40. The minimum atomic E-state index is 0.264. The number of piperazine rings is 1. The lowest BCUT2D eigenvalue weighted by Crippen LogP contribution is -2.47. The van der Waals surface area contributed by atoms with Crippen molar-refractivity contribution in [2.75, 3.05) is 33.2 Å². The zero-order valence-corrected chi connectivity index (χ0v) is 15.1. The molecule has 0 radical (unpaired) electrons. The van der Waals surface area contributed by atoms with Gasteiger partial charge < -0.3 is 9.80 Å². The van der Waals surface area contributed by atoms with Gasteiger partial charge in [0.15, 0.2) is 0 Å². The van der Waals surface area contributed by atoms with Crippen molar-refractivity contribution in [3.63, 3.8) is 0 Å². The van der Waals surface area contributed by atoms with Crippen molar-refractivity contribution in [3.8, 4) is 0 Å². The van der Waals surface area contributed by atoms with Crippen molar-refractivity contribution in [3.05, 3.63) is 21.4 Å². The maximum absolute atomic E-state index is 12.8. The Bertz CT molecular complexity index is 550. The number of hydrogen-bond donors (Lipinski definition) is 0. The molecule has 0 aromatic carbocycles. The standard InChI is InChI=1S/C18H28N2OS/c1-18(2,3)13-5-6-14-15(12-22-16(14)11-13)17(21)20-9-7-19(4)8-10-20/h12-13H,5-11H2,1-4H3.